The Labute approximate surface area is 130 Å². The van der Waals surface area contributed by atoms with E-state index in [2.05, 4.69) is 25.9 Å². The van der Waals surface area contributed by atoms with Crippen LogP contribution in [0, 0.1) is 0 Å². The number of hydrogen-bond acceptors (Lipinski definition) is 4. The van der Waals surface area contributed by atoms with Gasteiger partial charge >= 0.3 is 0 Å². The Morgan fingerprint density at radius 1 is 1.48 bits per heavy atom. The van der Waals surface area contributed by atoms with E-state index in [1.165, 1.54) is 0 Å². The molecule has 0 aliphatic carbocycles. The van der Waals surface area contributed by atoms with Crippen LogP contribution < -0.4 is 10.3 Å². The molecule has 1 aliphatic rings. The molecule has 0 bridgehead atoms. The van der Waals surface area contributed by atoms with Crippen molar-refractivity contribution < 1.29 is 9.47 Å². The molecular formula is C15H15BrN2O3. The van der Waals surface area contributed by atoms with Gasteiger partial charge in [0, 0.05) is 18.6 Å². The number of benzene rings is 1. The van der Waals surface area contributed by atoms with Crippen molar-refractivity contribution in [1.29, 1.82) is 0 Å². The molecule has 1 aromatic heterocycles. The highest BCUT2D eigenvalue weighted by Gasteiger charge is 2.25. The Morgan fingerprint density at radius 3 is 3.10 bits per heavy atom. The van der Waals surface area contributed by atoms with Gasteiger partial charge in [0.1, 0.15) is 16.0 Å². The molecule has 1 unspecified atom stereocenters. The van der Waals surface area contributed by atoms with E-state index in [0.29, 0.717) is 29.2 Å². The van der Waals surface area contributed by atoms with Gasteiger partial charge in [-0.15, -0.1) is 0 Å². The second-order valence-corrected chi connectivity index (χ2v) is 5.67. The molecule has 0 radical (unpaired) electrons. The number of aromatic nitrogens is 2. The monoisotopic (exact) mass is 350 g/mol. The van der Waals surface area contributed by atoms with Crippen molar-refractivity contribution in [3.8, 4) is 5.75 Å². The van der Waals surface area contributed by atoms with Crippen molar-refractivity contribution in [2.24, 2.45) is 0 Å². The molecule has 0 saturated carbocycles. The van der Waals surface area contributed by atoms with Crippen molar-refractivity contribution in [1.82, 2.24) is 9.97 Å². The van der Waals surface area contributed by atoms with E-state index in [9.17, 15) is 4.79 Å². The first-order valence-electron chi connectivity index (χ1n) is 6.70. The molecule has 1 aliphatic heterocycles. The van der Waals surface area contributed by atoms with E-state index in [1.54, 1.807) is 7.11 Å². The highest BCUT2D eigenvalue weighted by Crippen LogP contribution is 2.36. The molecule has 0 amide bonds. The van der Waals surface area contributed by atoms with E-state index in [0.717, 1.165) is 17.7 Å². The zero-order chi connectivity index (χ0) is 14.8. The number of rotatable bonds is 3. The third-order valence-electron chi connectivity index (χ3n) is 3.52. The normalized spacial score (nSPS) is 17.1. The number of para-hydroxylation sites is 1. The third kappa shape index (κ3) is 2.73. The fourth-order valence-corrected chi connectivity index (χ4v) is 2.85. The number of nitrogens with one attached hydrogen (secondary N) is 1. The van der Waals surface area contributed by atoms with Gasteiger partial charge in [0.15, 0.2) is 0 Å². The molecule has 21 heavy (non-hydrogen) atoms. The van der Waals surface area contributed by atoms with Crippen molar-refractivity contribution in [2.45, 2.75) is 18.9 Å². The van der Waals surface area contributed by atoms with Gasteiger partial charge < -0.3 is 14.5 Å². The maximum atomic E-state index is 12.1. The maximum Gasteiger partial charge on any atom is 0.265 e. The summed E-state index contributed by atoms with van der Waals surface area (Å²) in [4.78, 5) is 19.5. The van der Waals surface area contributed by atoms with Gasteiger partial charge in [0.05, 0.1) is 18.9 Å². The van der Waals surface area contributed by atoms with Crippen molar-refractivity contribution in [2.75, 3.05) is 13.7 Å². The number of methoxy groups -OCH3 is 1. The fourth-order valence-electron chi connectivity index (χ4n) is 2.55. The summed E-state index contributed by atoms with van der Waals surface area (Å²) in [5.41, 5.74) is 1.48. The van der Waals surface area contributed by atoms with E-state index < -0.39 is 0 Å². The summed E-state index contributed by atoms with van der Waals surface area (Å²) in [6.07, 6.45) is 0.786. The zero-order valence-corrected chi connectivity index (χ0v) is 13.1. The van der Waals surface area contributed by atoms with Crippen LogP contribution in [0.1, 0.15) is 29.4 Å². The van der Waals surface area contributed by atoms with Crippen LogP contribution in [0.4, 0.5) is 0 Å². The molecular weight excluding hydrogens is 336 g/mol. The van der Waals surface area contributed by atoms with E-state index in [1.807, 2.05) is 24.3 Å². The van der Waals surface area contributed by atoms with E-state index >= 15 is 0 Å². The van der Waals surface area contributed by atoms with Gasteiger partial charge in [-0.1, -0.05) is 18.2 Å². The second-order valence-electron chi connectivity index (χ2n) is 4.87. The molecule has 1 N–H and O–H groups in total. The number of halogens is 1. The number of nitrogens with zero attached hydrogens (tertiary/aromatic N) is 1. The summed E-state index contributed by atoms with van der Waals surface area (Å²) < 4.78 is 11.2. The van der Waals surface area contributed by atoms with Crippen molar-refractivity contribution in [3.05, 3.63) is 56.2 Å². The van der Waals surface area contributed by atoms with E-state index in [-0.39, 0.29) is 11.5 Å². The average Bonchev–Trinajstić information content (AvgIpc) is 2.51. The molecule has 2 aromatic rings. The van der Waals surface area contributed by atoms with Gasteiger partial charge in [0.25, 0.3) is 5.56 Å². The first-order chi connectivity index (χ1) is 10.2. The first kappa shape index (κ1) is 14.3. The Hall–Kier alpha value is -1.66. The quantitative estimate of drug-likeness (QED) is 0.923. The maximum absolute atomic E-state index is 12.1. The Bertz CT molecular complexity index is 714. The highest BCUT2D eigenvalue weighted by atomic mass is 79.9. The van der Waals surface area contributed by atoms with Crippen LogP contribution in [0.2, 0.25) is 0 Å². The molecule has 110 valence electrons. The van der Waals surface area contributed by atoms with Gasteiger partial charge in [0.2, 0.25) is 0 Å². The van der Waals surface area contributed by atoms with Crippen molar-refractivity contribution >= 4 is 15.9 Å². The van der Waals surface area contributed by atoms with Crippen LogP contribution in [0.25, 0.3) is 0 Å². The van der Waals surface area contributed by atoms with Gasteiger partial charge in [-0.3, -0.25) is 4.79 Å². The molecule has 6 heteroatoms. The molecule has 3 rings (SSSR count). The lowest BCUT2D eigenvalue weighted by molar-refractivity contribution is 0.180. The zero-order valence-electron chi connectivity index (χ0n) is 11.6. The molecule has 5 nitrogen and oxygen atoms in total. The lowest BCUT2D eigenvalue weighted by Gasteiger charge is -2.25. The number of aromatic amines is 1. The fraction of sp³-hybridized carbons (Fsp3) is 0.333. The Kier molecular flexibility index (Phi) is 4.07. The summed E-state index contributed by atoms with van der Waals surface area (Å²) in [6.45, 7) is 0.906. The van der Waals surface area contributed by atoms with Crippen LogP contribution in [0.15, 0.2) is 33.5 Å². The predicted octanol–water partition coefficient (Wildman–Crippen LogP) is 2.59. The first-order valence-corrected chi connectivity index (χ1v) is 7.49. The molecule has 1 aromatic carbocycles. The van der Waals surface area contributed by atoms with Crippen LogP contribution in [-0.2, 0) is 11.3 Å². The molecule has 1 atom stereocenters. The minimum atomic E-state index is -0.184. The lowest BCUT2D eigenvalue weighted by Crippen LogP contribution is -2.22. The summed E-state index contributed by atoms with van der Waals surface area (Å²) in [5.74, 6) is 1.55. The average molecular weight is 351 g/mol. The minimum absolute atomic E-state index is 0.0337. The summed E-state index contributed by atoms with van der Waals surface area (Å²) in [6, 6.07) is 7.86. The van der Waals surface area contributed by atoms with Gasteiger partial charge in [-0.25, -0.2) is 4.98 Å². The molecule has 0 saturated heterocycles. The second kappa shape index (κ2) is 5.99. The largest absolute Gasteiger partial charge is 0.493 e. The van der Waals surface area contributed by atoms with Gasteiger partial charge in [-0.2, -0.15) is 0 Å². The van der Waals surface area contributed by atoms with Crippen LogP contribution in [0.3, 0.4) is 0 Å². The number of H-pyrrole nitrogens is 1. The third-order valence-corrected chi connectivity index (χ3v) is 4.34. The van der Waals surface area contributed by atoms with Crippen LogP contribution in [-0.4, -0.2) is 23.7 Å². The molecule has 0 fully saturated rings. The standard InChI is InChI=1S/C15H15BrN2O3/c1-20-8-11-13(16)15(19)18-14(17-11)10-6-7-21-12-5-3-2-4-9(10)12/h2-5,10H,6-8H2,1H3,(H,17,18,19). The van der Waals surface area contributed by atoms with Crippen LogP contribution >= 0.6 is 15.9 Å². The van der Waals surface area contributed by atoms with Gasteiger partial charge in [-0.05, 0) is 28.4 Å². The lowest BCUT2D eigenvalue weighted by atomic mass is 9.92. The number of ether oxygens (including phenoxy) is 2. The molecule has 0 spiro atoms. The summed E-state index contributed by atoms with van der Waals surface area (Å²) in [5, 5.41) is 0. The van der Waals surface area contributed by atoms with Crippen molar-refractivity contribution in [3.63, 3.8) is 0 Å². The topological polar surface area (TPSA) is 64.2 Å². The predicted molar refractivity (Wildman–Crippen MR) is 81.7 cm³/mol. The summed E-state index contributed by atoms with van der Waals surface area (Å²) >= 11 is 3.26. The minimum Gasteiger partial charge on any atom is -0.493 e. The number of hydrogen-bond donors (Lipinski definition) is 1. The molecule has 2 heterocycles. The number of fused-ring (bicyclic) bond motifs is 1. The Morgan fingerprint density at radius 2 is 2.29 bits per heavy atom. The summed E-state index contributed by atoms with van der Waals surface area (Å²) in [7, 11) is 1.58. The SMILES string of the molecule is COCc1nc(C2CCOc3ccccc32)[nH]c(=O)c1Br. The smallest absolute Gasteiger partial charge is 0.265 e. The van der Waals surface area contributed by atoms with E-state index in [4.69, 9.17) is 9.47 Å². The van der Waals surface area contributed by atoms with Crippen LogP contribution in [0.5, 0.6) is 5.75 Å². The highest BCUT2D eigenvalue weighted by molar-refractivity contribution is 9.10. The Balaban J connectivity index is 2.08.